The van der Waals surface area contributed by atoms with E-state index >= 15 is 0 Å². The molecule has 1 aromatic carbocycles. The molecule has 2 aliphatic heterocycles. The van der Waals surface area contributed by atoms with E-state index in [4.69, 9.17) is 28.2 Å². The molecule has 3 rings (SSSR count). The summed E-state index contributed by atoms with van der Waals surface area (Å²) in [6, 6.07) is 3.07. The summed E-state index contributed by atoms with van der Waals surface area (Å²) in [5.74, 6) is -2.06. The van der Waals surface area contributed by atoms with Crippen LogP contribution in [0.4, 0.5) is 10.5 Å². The quantitative estimate of drug-likeness (QED) is 0.186. The number of carbonyl (C=O) groups excluding carboxylic acids is 3. The fraction of sp³-hybridized carbons (Fsp3) is 0.639. The van der Waals surface area contributed by atoms with Crippen molar-refractivity contribution in [2.45, 2.75) is 130 Å². The van der Waals surface area contributed by atoms with Crippen LogP contribution in [0.2, 0.25) is 18.1 Å². The summed E-state index contributed by atoms with van der Waals surface area (Å²) in [4.78, 5) is 46.6. The predicted molar refractivity (Wildman–Crippen MR) is 188 cm³/mol. The van der Waals surface area contributed by atoms with Crippen LogP contribution in [0.1, 0.15) is 91.6 Å². The summed E-state index contributed by atoms with van der Waals surface area (Å²) in [6.45, 7) is 21.4. The molecule has 0 aromatic heterocycles. The Morgan fingerprint density at radius 1 is 1.08 bits per heavy atom. The Kier molecular flexibility index (Phi) is 12.7. The number of fused-ring (bicyclic) bond motifs is 2. The molecule has 0 aliphatic carbocycles. The number of nitrogens with zero attached hydrogens (tertiary/aromatic N) is 1. The van der Waals surface area contributed by atoms with Gasteiger partial charge in [0, 0.05) is 12.0 Å². The number of amides is 1. The second-order valence-electron chi connectivity index (χ2n) is 15.6. The molecule has 0 spiro atoms. The van der Waals surface area contributed by atoms with Gasteiger partial charge >= 0.3 is 12.1 Å². The van der Waals surface area contributed by atoms with Gasteiger partial charge in [0.2, 0.25) is 0 Å². The first-order valence-electron chi connectivity index (χ1n) is 16.7. The number of ketones is 1. The summed E-state index contributed by atoms with van der Waals surface area (Å²) in [7, 11) is -2.62. The van der Waals surface area contributed by atoms with Crippen molar-refractivity contribution in [3.8, 4) is 5.75 Å². The molecule has 1 fully saturated rings. The molecular weight excluding hydrogens is 650 g/mol. The van der Waals surface area contributed by atoms with Gasteiger partial charge in [-0.05, 0) is 83.8 Å². The van der Waals surface area contributed by atoms with Crippen molar-refractivity contribution in [1.82, 2.24) is 0 Å². The van der Waals surface area contributed by atoms with E-state index in [9.17, 15) is 24.6 Å². The molecule has 1 saturated heterocycles. The summed E-state index contributed by atoms with van der Waals surface area (Å²) < 4.78 is 30.5. The van der Waals surface area contributed by atoms with Crippen molar-refractivity contribution >= 4 is 37.9 Å². The van der Waals surface area contributed by atoms with Crippen LogP contribution >= 0.6 is 0 Å². The number of aliphatic hydroxyl groups is 2. The minimum atomic E-state index is -2.62. The summed E-state index contributed by atoms with van der Waals surface area (Å²) in [6.07, 6.45) is 2.58. The second-order valence-corrected chi connectivity index (χ2v) is 20.4. The fourth-order valence-corrected chi connectivity index (χ4v) is 5.77. The number of hydrogen-bond donors (Lipinski definition) is 2. The van der Waals surface area contributed by atoms with Gasteiger partial charge in [-0.15, -0.1) is 0 Å². The number of ether oxygens (including phenoxy) is 4. The number of benzene rings is 1. The number of hydrogen-bond acceptors (Lipinski definition) is 11. The third-order valence-corrected chi connectivity index (χ3v) is 13.0. The molecule has 2 aliphatic rings. The first-order chi connectivity index (χ1) is 22.4. The number of cyclic esters (lactones) is 1. The monoisotopic (exact) mass is 705 g/mol. The number of esters is 1. The largest absolute Gasteiger partial charge is 0.543 e. The van der Waals surface area contributed by atoms with Gasteiger partial charge in [0.25, 0.3) is 8.32 Å². The third kappa shape index (κ3) is 10.7. The van der Waals surface area contributed by atoms with Crippen molar-refractivity contribution < 1.29 is 52.8 Å². The van der Waals surface area contributed by atoms with Gasteiger partial charge in [-0.3, -0.25) is 9.63 Å². The predicted octanol–water partition coefficient (Wildman–Crippen LogP) is 6.34. The fourth-order valence-electron chi connectivity index (χ4n) is 4.76. The first-order valence-corrected chi connectivity index (χ1v) is 19.6. The van der Waals surface area contributed by atoms with Crippen LogP contribution in [0, 0.1) is 5.92 Å². The van der Waals surface area contributed by atoms with Crippen LogP contribution in [0.25, 0.3) is 6.08 Å². The normalized spacial score (nSPS) is 25.3. The molecule has 0 saturated carbocycles. The van der Waals surface area contributed by atoms with E-state index in [1.54, 1.807) is 65.8 Å². The lowest BCUT2D eigenvalue weighted by Crippen LogP contribution is -2.44. The highest BCUT2D eigenvalue weighted by Gasteiger charge is 2.44. The standard InChI is InChI=1S/C36H55NO11Si/c1-22-16-17-27(40)31-28(45-36(9,10)46-31)15-13-14-24-18-25(37(43-21-26(39)20-38)33(42)47-34(3,4)5)19-29(30(24)32(41)44-23(22)2)48-49(11,12)35(6,7)8/h13-14,16-19,22-23,26,28,31,38-39H,15,20-21H2,1-12H3/b14-13+,17-16-/t22-,23+,26?,28+,31-/m1/s1. The molecule has 1 amide bonds. The van der Waals surface area contributed by atoms with E-state index in [0.717, 1.165) is 5.06 Å². The molecule has 0 radical (unpaired) electrons. The summed E-state index contributed by atoms with van der Waals surface area (Å²) in [5.41, 5.74) is -0.284. The number of anilines is 1. The Hall–Kier alpha value is -3.07. The zero-order valence-corrected chi connectivity index (χ0v) is 32.0. The van der Waals surface area contributed by atoms with Gasteiger partial charge in [0.1, 0.15) is 41.8 Å². The van der Waals surface area contributed by atoms with Crippen LogP contribution in [0.3, 0.4) is 0 Å². The topological polar surface area (TPSA) is 150 Å². The Morgan fingerprint density at radius 3 is 2.33 bits per heavy atom. The maximum Gasteiger partial charge on any atom is 0.439 e. The Labute approximate surface area is 291 Å². The van der Waals surface area contributed by atoms with Gasteiger partial charge < -0.3 is 33.6 Å². The van der Waals surface area contributed by atoms with Gasteiger partial charge in [0.15, 0.2) is 11.6 Å². The molecule has 2 N–H and O–H groups in total. The lowest BCUT2D eigenvalue weighted by atomic mass is 9.99. The molecule has 0 bridgehead atoms. The molecule has 1 aromatic rings. The minimum Gasteiger partial charge on any atom is -0.543 e. The molecular formula is C36H55NO11Si. The maximum absolute atomic E-state index is 14.1. The summed E-state index contributed by atoms with van der Waals surface area (Å²) >= 11 is 0. The average Bonchev–Trinajstić information content (AvgIpc) is 3.27. The highest BCUT2D eigenvalue weighted by atomic mass is 28.4. The molecule has 1 unspecified atom stereocenters. The van der Waals surface area contributed by atoms with Crippen LogP contribution in [0.15, 0.2) is 30.4 Å². The van der Waals surface area contributed by atoms with Gasteiger partial charge in [-0.2, -0.15) is 5.06 Å². The van der Waals surface area contributed by atoms with Gasteiger partial charge in [0.05, 0.1) is 18.4 Å². The van der Waals surface area contributed by atoms with E-state index < -0.39 is 69.4 Å². The van der Waals surface area contributed by atoms with Crippen LogP contribution in [0.5, 0.6) is 5.75 Å². The SMILES string of the molecule is C[C@@H]1/C=C\C(=O)[C@H]2OC(C)(C)O[C@H]2C/C=C/c2cc(N(OCC(O)CO)C(=O)OC(C)(C)C)cc(O[Si](C)(C)C(C)(C)C)c2C(=O)O[C@H]1C. The van der Waals surface area contributed by atoms with E-state index in [2.05, 4.69) is 20.8 Å². The lowest BCUT2D eigenvalue weighted by Gasteiger charge is -2.37. The highest BCUT2D eigenvalue weighted by Crippen LogP contribution is 2.41. The van der Waals surface area contributed by atoms with Crippen molar-refractivity contribution in [3.05, 3.63) is 41.5 Å². The third-order valence-electron chi connectivity index (χ3n) is 8.62. The van der Waals surface area contributed by atoms with Crippen LogP contribution in [-0.4, -0.2) is 85.4 Å². The van der Waals surface area contributed by atoms with E-state index in [1.807, 2.05) is 20.0 Å². The molecule has 12 nitrogen and oxygen atoms in total. The van der Waals surface area contributed by atoms with Crippen molar-refractivity contribution in [1.29, 1.82) is 0 Å². The molecule has 49 heavy (non-hydrogen) atoms. The zero-order chi connectivity index (χ0) is 37.1. The average molecular weight is 706 g/mol. The van der Waals surface area contributed by atoms with Crippen LogP contribution < -0.4 is 9.49 Å². The maximum atomic E-state index is 14.1. The molecule has 13 heteroatoms. The van der Waals surface area contributed by atoms with E-state index in [1.165, 1.54) is 12.1 Å². The number of aliphatic hydroxyl groups excluding tert-OH is 2. The zero-order valence-electron chi connectivity index (χ0n) is 31.0. The molecule has 274 valence electrons. The van der Waals surface area contributed by atoms with Gasteiger partial charge in [-0.1, -0.05) is 45.9 Å². The van der Waals surface area contributed by atoms with E-state index in [0.29, 0.717) is 5.56 Å². The lowest BCUT2D eigenvalue weighted by molar-refractivity contribution is -0.152. The van der Waals surface area contributed by atoms with Crippen molar-refractivity contribution in [3.63, 3.8) is 0 Å². The number of hydroxylamine groups is 1. The summed E-state index contributed by atoms with van der Waals surface area (Å²) in [5, 5.41) is 20.1. The van der Waals surface area contributed by atoms with Gasteiger partial charge in [-0.25, -0.2) is 9.59 Å². The second kappa shape index (κ2) is 15.4. The van der Waals surface area contributed by atoms with E-state index in [-0.39, 0.29) is 40.2 Å². The van der Waals surface area contributed by atoms with Crippen LogP contribution in [-0.2, 0) is 28.6 Å². The molecule has 2 heterocycles. The first kappa shape index (κ1) is 40.4. The minimum absolute atomic E-state index is 0.140. The Morgan fingerprint density at radius 2 is 1.73 bits per heavy atom. The highest BCUT2D eigenvalue weighted by molar-refractivity contribution is 6.74. The van der Waals surface area contributed by atoms with Crippen molar-refractivity contribution in [2.75, 3.05) is 18.3 Å². The Balaban J connectivity index is 2.30. The molecule has 5 atom stereocenters. The number of rotatable bonds is 7. The smallest absolute Gasteiger partial charge is 0.439 e. The van der Waals surface area contributed by atoms with Crippen molar-refractivity contribution in [2.24, 2.45) is 5.92 Å². The Bertz CT molecular complexity index is 1420. The number of carbonyl (C=O) groups is 3.